The number of thiazole rings is 1. The fraction of sp³-hybridized carbons (Fsp3) is 0.444. The quantitative estimate of drug-likeness (QED) is 0.731. The Bertz CT molecular complexity index is 808. The Morgan fingerprint density at radius 1 is 1.29 bits per heavy atom. The third kappa shape index (κ3) is 3.36. The lowest BCUT2D eigenvalue weighted by molar-refractivity contribution is -0.0404. The molecule has 0 radical (unpaired) electrons. The molecule has 1 aromatic carbocycles. The minimum absolute atomic E-state index is 0.186. The lowest BCUT2D eigenvalue weighted by atomic mass is 10.2. The molecule has 1 saturated heterocycles. The van der Waals surface area contributed by atoms with Gasteiger partial charge in [-0.1, -0.05) is 12.1 Å². The van der Waals surface area contributed by atoms with Gasteiger partial charge in [0.15, 0.2) is 0 Å². The van der Waals surface area contributed by atoms with Crippen LogP contribution in [0.25, 0.3) is 10.2 Å². The number of para-hydroxylation sites is 1. The first kappa shape index (κ1) is 15.7. The van der Waals surface area contributed by atoms with Crippen LogP contribution in [0.15, 0.2) is 30.3 Å². The van der Waals surface area contributed by atoms with Crippen molar-refractivity contribution in [3.8, 4) is 0 Å². The van der Waals surface area contributed by atoms with E-state index in [2.05, 4.69) is 45.9 Å². The van der Waals surface area contributed by atoms with Gasteiger partial charge in [0.25, 0.3) is 0 Å². The van der Waals surface area contributed by atoms with Crippen molar-refractivity contribution in [3.63, 3.8) is 0 Å². The summed E-state index contributed by atoms with van der Waals surface area (Å²) >= 11 is 1.79. The van der Waals surface area contributed by atoms with Crippen molar-refractivity contribution in [2.75, 3.05) is 19.7 Å². The smallest absolute Gasteiger partial charge is 0.108 e. The fourth-order valence-electron chi connectivity index (χ4n) is 3.27. The summed E-state index contributed by atoms with van der Waals surface area (Å²) < 4.78 is 9.27. The van der Waals surface area contributed by atoms with E-state index in [-0.39, 0.29) is 6.10 Å². The summed E-state index contributed by atoms with van der Waals surface area (Å²) in [5.74, 6) is 0. The minimum Gasteiger partial charge on any atom is -0.374 e. The maximum Gasteiger partial charge on any atom is 0.108 e. The molecule has 5 nitrogen and oxygen atoms in total. The molecule has 0 aliphatic carbocycles. The first-order chi connectivity index (χ1) is 11.7. The van der Waals surface area contributed by atoms with Crippen LogP contribution in [0.4, 0.5) is 0 Å². The Balaban J connectivity index is 1.42. The Morgan fingerprint density at radius 2 is 2.17 bits per heavy atom. The van der Waals surface area contributed by atoms with Crippen LogP contribution in [0.3, 0.4) is 0 Å². The van der Waals surface area contributed by atoms with Crippen molar-refractivity contribution in [1.82, 2.24) is 19.7 Å². The van der Waals surface area contributed by atoms with Crippen molar-refractivity contribution in [2.24, 2.45) is 0 Å². The van der Waals surface area contributed by atoms with E-state index in [0.29, 0.717) is 0 Å². The van der Waals surface area contributed by atoms with Gasteiger partial charge in [0, 0.05) is 18.8 Å². The number of aromatic nitrogens is 3. The van der Waals surface area contributed by atoms with Crippen LogP contribution >= 0.6 is 11.3 Å². The first-order valence-electron chi connectivity index (χ1n) is 8.37. The molecule has 2 aromatic heterocycles. The Labute approximate surface area is 145 Å². The molecule has 1 atom stereocenters. The number of morpholine rings is 1. The van der Waals surface area contributed by atoms with E-state index in [4.69, 9.17) is 9.72 Å². The molecule has 1 fully saturated rings. The third-order valence-corrected chi connectivity index (χ3v) is 5.42. The second-order valence-corrected chi connectivity index (χ2v) is 7.53. The summed E-state index contributed by atoms with van der Waals surface area (Å²) in [5.41, 5.74) is 3.36. The van der Waals surface area contributed by atoms with Gasteiger partial charge in [-0.05, 0) is 32.0 Å². The van der Waals surface area contributed by atoms with E-state index in [1.807, 2.05) is 13.0 Å². The molecule has 0 unspecified atom stereocenters. The number of aryl methyl sites for hydroxylation is 2. The van der Waals surface area contributed by atoms with E-state index in [1.165, 1.54) is 15.4 Å². The molecule has 126 valence electrons. The van der Waals surface area contributed by atoms with Crippen molar-refractivity contribution >= 4 is 21.6 Å². The van der Waals surface area contributed by atoms with E-state index < -0.39 is 0 Å². The predicted molar refractivity (Wildman–Crippen MR) is 96.3 cm³/mol. The van der Waals surface area contributed by atoms with E-state index in [1.54, 1.807) is 11.3 Å². The number of hydrogen-bond acceptors (Lipinski definition) is 5. The largest absolute Gasteiger partial charge is 0.374 e. The maximum atomic E-state index is 5.95. The van der Waals surface area contributed by atoms with Gasteiger partial charge < -0.3 is 4.74 Å². The van der Waals surface area contributed by atoms with Gasteiger partial charge in [-0.25, -0.2) is 4.98 Å². The van der Waals surface area contributed by atoms with E-state index in [9.17, 15) is 0 Å². The highest BCUT2D eigenvalue weighted by Gasteiger charge is 2.22. The highest BCUT2D eigenvalue weighted by atomic mass is 32.1. The summed E-state index contributed by atoms with van der Waals surface area (Å²) in [6.45, 7) is 8.51. The summed E-state index contributed by atoms with van der Waals surface area (Å²) in [5, 5.41) is 5.73. The van der Waals surface area contributed by atoms with Crippen LogP contribution in [-0.4, -0.2) is 45.5 Å². The molecular weight excluding hydrogens is 320 g/mol. The predicted octanol–water partition coefficient (Wildman–Crippen LogP) is 3.01. The van der Waals surface area contributed by atoms with Crippen molar-refractivity contribution in [1.29, 1.82) is 0 Å². The highest BCUT2D eigenvalue weighted by molar-refractivity contribution is 7.18. The number of benzene rings is 1. The van der Waals surface area contributed by atoms with Gasteiger partial charge in [-0.3, -0.25) is 9.58 Å². The van der Waals surface area contributed by atoms with Gasteiger partial charge >= 0.3 is 0 Å². The number of rotatable bonds is 4. The standard InChI is InChI=1S/C18H22N4OS/c1-13-9-14(2)22(20-13)11-15-10-21(7-8-23-15)12-18-19-16-5-3-4-6-17(16)24-18/h3-6,9,15H,7-8,10-12H2,1-2H3/t15-/m0/s1. The Kier molecular flexibility index (Phi) is 4.35. The number of fused-ring (bicyclic) bond motifs is 1. The zero-order valence-corrected chi connectivity index (χ0v) is 14.9. The van der Waals surface area contributed by atoms with Gasteiger partial charge in [0.1, 0.15) is 5.01 Å². The number of nitrogens with zero attached hydrogens (tertiary/aromatic N) is 4. The molecule has 0 spiro atoms. The molecule has 3 heterocycles. The second kappa shape index (κ2) is 6.63. The van der Waals surface area contributed by atoms with Crippen LogP contribution in [0, 0.1) is 13.8 Å². The molecule has 6 heteroatoms. The highest BCUT2D eigenvalue weighted by Crippen LogP contribution is 2.23. The summed E-state index contributed by atoms with van der Waals surface area (Å²) in [4.78, 5) is 7.19. The minimum atomic E-state index is 0.186. The van der Waals surface area contributed by atoms with Gasteiger partial charge in [-0.15, -0.1) is 11.3 Å². The third-order valence-electron chi connectivity index (χ3n) is 4.40. The Morgan fingerprint density at radius 3 is 2.96 bits per heavy atom. The van der Waals surface area contributed by atoms with Crippen molar-refractivity contribution in [2.45, 2.75) is 33.0 Å². The van der Waals surface area contributed by atoms with Crippen LogP contribution < -0.4 is 0 Å². The monoisotopic (exact) mass is 342 g/mol. The lowest BCUT2D eigenvalue weighted by Crippen LogP contribution is -2.43. The van der Waals surface area contributed by atoms with E-state index >= 15 is 0 Å². The normalized spacial score (nSPS) is 19.2. The number of ether oxygens (including phenoxy) is 1. The Hall–Kier alpha value is -1.76. The average molecular weight is 342 g/mol. The first-order valence-corrected chi connectivity index (χ1v) is 9.18. The maximum absolute atomic E-state index is 5.95. The number of hydrogen-bond donors (Lipinski definition) is 0. The van der Waals surface area contributed by atoms with Crippen molar-refractivity contribution in [3.05, 3.63) is 46.7 Å². The molecule has 0 saturated carbocycles. The fourth-order valence-corrected chi connectivity index (χ4v) is 4.28. The zero-order chi connectivity index (χ0) is 16.5. The summed E-state index contributed by atoms with van der Waals surface area (Å²) in [6.07, 6.45) is 0.186. The molecule has 0 bridgehead atoms. The van der Waals surface area contributed by atoms with Crippen LogP contribution in [-0.2, 0) is 17.8 Å². The van der Waals surface area contributed by atoms with E-state index in [0.717, 1.165) is 44.0 Å². The molecule has 4 rings (SSSR count). The lowest BCUT2D eigenvalue weighted by Gasteiger charge is -2.32. The molecule has 3 aromatic rings. The topological polar surface area (TPSA) is 43.2 Å². The van der Waals surface area contributed by atoms with Gasteiger partial charge in [0.2, 0.25) is 0 Å². The molecule has 0 amide bonds. The summed E-state index contributed by atoms with van der Waals surface area (Å²) in [6, 6.07) is 10.5. The molecule has 0 N–H and O–H groups in total. The van der Waals surface area contributed by atoms with Gasteiger partial charge in [-0.2, -0.15) is 5.10 Å². The summed E-state index contributed by atoms with van der Waals surface area (Å²) in [7, 11) is 0. The van der Waals surface area contributed by atoms with Gasteiger partial charge in [0.05, 0.1) is 41.7 Å². The van der Waals surface area contributed by atoms with Crippen LogP contribution in [0.1, 0.15) is 16.4 Å². The SMILES string of the molecule is Cc1cc(C)n(C[C@@H]2CN(Cc3nc4ccccc4s3)CCO2)n1. The molecule has 24 heavy (non-hydrogen) atoms. The van der Waals surface area contributed by atoms with Crippen molar-refractivity contribution < 1.29 is 4.74 Å². The average Bonchev–Trinajstić information content (AvgIpc) is 3.10. The second-order valence-electron chi connectivity index (χ2n) is 6.41. The molecule has 1 aliphatic heterocycles. The van der Waals surface area contributed by atoms with Crippen LogP contribution in [0.5, 0.6) is 0 Å². The zero-order valence-electron chi connectivity index (χ0n) is 14.1. The molecular formula is C18H22N4OS. The molecule has 1 aliphatic rings. The van der Waals surface area contributed by atoms with Crippen LogP contribution in [0.2, 0.25) is 0 Å².